The van der Waals surface area contributed by atoms with Crippen molar-refractivity contribution in [2.24, 2.45) is 0 Å². The second-order valence-electron chi connectivity index (χ2n) is 4.79. The maximum absolute atomic E-state index is 4.51. The SMILES string of the molecule is CCc1nnc(NCCCc2cn[nH]c2C)nc1CC. The minimum Gasteiger partial charge on any atom is -0.353 e. The smallest absolute Gasteiger partial charge is 0.242 e. The van der Waals surface area contributed by atoms with E-state index < -0.39 is 0 Å². The number of anilines is 1. The monoisotopic (exact) mass is 274 g/mol. The van der Waals surface area contributed by atoms with Gasteiger partial charge in [0.25, 0.3) is 0 Å². The van der Waals surface area contributed by atoms with Gasteiger partial charge in [-0.2, -0.15) is 10.2 Å². The van der Waals surface area contributed by atoms with Crippen LogP contribution in [0.4, 0.5) is 5.95 Å². The van der Waals surface area contributed by atoms with Crippen molar-refractivity contribution < 1.29 is 0 Å². The van der Waals surface area contributed by atoms with E-state index >= 15 is 0 Å². The zero-order valence-corrected chi connectivity index (χ0v) is 12.4. The molecular weight excluding hydrogens is 252 g/mol. The maximum Gasteiger partial charge on any atom is 0.242 e. The molecular formula is C14H22N6. The lowest BCUT2D eigenvalue weighted by atomic mass is 10.1. The Balaban J connectivity index is 1.83. The molecule has 2 N–H and O–H groups in total. The Labute approximate surface area is 119 Å². The Hall–Kier alpha value is -1.98. The molecule has 0 aromatic carbocycles. The number of rotatable bonds is 7. The molecule has 0 spiro atoms. The lowest BCUT2D eigenvalue weighted by Crippen LogP contribution is -2.11. The van der Waals surface area contributed by atoms with E-state index in [1.165, 1.54) is 5.56 Å². The molecule has 0 fully saturated rings. The van der Waals surface area contributed by atoms with Crippen molar-refractivity contribution in [3.05, 3.63) is 28.8 Å². The second-order valence-corrected chi connectivity index (χ2v) is 4.79. The molecule has 2 heterocycles. The Morgan fingerprint density at radius 3 is 2.60 bits per heavy atom. The fourth-order valence-corrected chi connectivity index (χ4v) is 2.12. The zero-order chi connectivity index (χ0) is 14.4. The number of aromatic nitrogens is 5. The molecule has 2 aromatic rings. The van der Waals surface area contributed by atoms with Gasteiger partial charge in [-0.1, -0.05) is 13.8 Å². The van der Waals surface area contributed by atoms with Crippen LogP contribution >= 0.6 is 0 Å². The third-order valence-electron chi connectivity index (χ3n) is 3.35. The minimum absolute atomic E-state index is 0.628. The van der Waals surface area contributed by atoms with Crippen LogP contribution in [0.5, 0.6) is 0 Å². The summed E-state index contributed by atoms with van der Waals surface area (Å²) >= 11 is 0. The number of aryl methyl sites for hydroxylation is 4. The summed E-state index contributed by atoms with van der Waals surface area (Å²) in [4.78, 5) is 4.51. The topological polar surface area (TPSA) is 79.4 Å². The molecule has 0 atom stereocenters. The average molecular weight is 274 g/mol. The molecule has 2 aromatic heterocycles. The van der Waals surface area contributed by atoms with Crippen LogP contribution in [-0.4, -0.2) is 31.9 Å². The largest absolute Gasteiger partial charge is 0.353 e. The first-order chi connectivity index (χ1) is 9.74. The Bertz CT molecular complexity index is 548. The minimum atomic E-state index is 0.628. The highest BCUT2D eigenvalue weighted by Crippen LogP contribution is 2.08. The Morgan fingerprint density at radius 2 is 1.95 bits per heavy atom. The van der Waals surface area contributed by atoms with E-state index in [0.29, 0.717) is 5.95 Å². The lowest BCUT2D eigenvalue weighted by Gasteiger charge is -2.07. The van der Waals surface area contributed by atoms with Gasteiger partial charge in [-0.05, 0) is 38.2 Å². The summed E-state index contributed by atoms with van der Waals surface area (Å²) < 4.78 is 0. The van der Waals surface area contributed by atoms with Crippen molar-refractivity contribution in [2.75, 3.05) is 11.9 Å². The van der Waals surface area contributed by atoms with E-state index in [1.807, 2.05) is 13.1 Å². The van der Waals surface area contributed by atoms with Crippen molar-refractivity contribution in [3.63, 3.8) is 0 Å². The quantitative estimate of drug-likeness (QED) is 0.756. The van der Waals surface area contributed by atoms with E-state index in [0.717, 1.165) is 49.3 Å². The highest BCUT2D eigenvalue weighted by molar-refractivity contribution is 5.25. The highest BCUT2D eigenvalue weighted by Gasteiger charge is 2.06. The van der Waals surface area contributed by atoms with Crippen molar-refractivity contribution >= 4 is 5.95 Å². The molecule has 20 heavy (non-hydrogen) atoms. The van der Waals surface area contributed by atoms with Gasteiger partial charge in [0.05, 0.1) is 17.6 Å². The first-order valence-electron chi connectivity index (χ1n) is 7.19. The van der Waals surface area contributed by atoms with Gasteiger partial charge in [0.1, 0.15) is 0 Å². The van der Waals surface area contributed by atoms with Gasteiger partial charge in [-0.3, -0.25) is 5.10 Å². The summed E-state index contributed by atoms with van der Waals surface area (Å²) in [5, 5.41) is 18.5. The van der Waals surface area contributed by atoms with E-state index in [4.69, 9.17) is 0 Å². The van der Waals surface area contributed by atoms with Gasteiger partial charge in [-0.25, -0.2) is 4.98 Å². The van der Waals surface area contributed by atoms with E-state index in [2.05, 4.69) is 44.5 Å². The van der Waals surface area contributed by atoms with Crippen LogP contribution in [0.2, 0.25) is 0 Å². The van der Waals surface area contributed by atoms with Crippen LogP contribution in [0.3, 0.4) is 0 Å². The predicted molar refractivity (Wildman–Crippen MR) is 78.7 cm³/mol. The molecule has 0 saturated heterocycles. The Kier molecular flexibility index (Phi) is 5.03. The van der Waals surface area contributed by atoms with E-state index in [1.54, 1.807) is 0 Å². The lowest BCUT2D eigenvalue weighted by molar-refractivity contribution is 0.800. The Morgan fingerprint density at radius 1 is 1.15 bits per heavy atom. The number of hydrogen-bond donors (Lipinski definition) is 2. The molecule has 0 aliphatic heterocycles. The van der Waals surface area contributed by atoms with Gasteiger partial charge in [0.2, 0.25) is 5.95 Å². The number of hydrogen-bond acceptors (Lipinski definition) is 5. The molecule has 0 saturated carbocycles. The molecule has 0 aliphatic rings. The third-order valence-corrected chi connectivity index (χ3v) is 3.35. The molecule has 6 heteroatoms. The van der Waals surface area contributed by atoms with E-state index in [9.17, 15) is 0 Å². The summed E-state index contributed by atoms with van der Waals surface area (Å²) in [5.74, 6) is 0.628. The standard InChI is InChI=1S/C14H22N6/c1-4-12-13(5-2)19-20-14(17-12)15-8-6-7-11-9-16-18-10(11)3/h9H,4-8H2,1-3H3,(H,16,18)(H,15,17,20). The van der Waals surface area contributed by atoms with Crippen LogP contribution in [0.15, 0.2) is 6.20 Å². The van der Waals surface area contributed by atoms with Crippen molar-refractivity contribution in [3.8, 4) is 0 Å². The summed E-state index contributed by atoms with van der Waals surface area (Å²) in [6.07, 6.45) is 5.67. The van der Waals surface area contributed by atoms with Gasteiger partial charge in [-0.15, -0.1) is 5.10 Å². The van der Waals surface area contributed by atoms with Gasteiger partial charge in [0, 0.05) is 12.2 Å². The molecule has 6 nitrogen and oxygen atoms in total. The summed E-state index contributed by atoms with van der Waals surface area (Å²) in [6, 6.07) is 0. The first kappa shape index (κ1) is 14.4. The number of nitrogens with one attached hydrogen (secondary N) is 2. The van der Waals surface area contributed by atoms with Gasteiger partial charge in [0.15, 0.2) is 0 Å². The highest BCUT2D eigenvalue weighted by atomic mass is 15.2. The van der Waals surface area contributed by atoms with Crippen molar-refractivity contribution in [1.29, 1.82) is 0 Å². The van der Waals surface area contributed by atoms with E-state index in [-0.39, 0.29) is 0 Å². The number of H-pyrrole nitrogens is 1. The number of nitrogens with zero attached hydrogens (tertiary/aromatic N) is 4. The normalized spacial score (nSPS) is 10.8. The molecule has 0 amide bonds. The van der Waals surface area contributed by atoms with Crippen molar-refractivity contribution in [2.45, 2.75) is 46.5 Å². The molecule has 0 aliphatic carbocycles. The fraction of sp³-hybridized carbons (Fsp3) is 0.571. The molecule has 108 valence electrons. The molecule has 2 rings (SSSR count). The zero-order valence-electron chi connectivity index (χ0n) is 12.4. The average Bonchev–Trinajstić information content (AvgIpc) is 2.88. The van der Waals surface area contributed by atoms with Crippen LogP contribution in [0.1, 0.15) is 42.9 Å². The second kappa shape index (κ2) is 6.98. The third kappa shape index (κ3) is 3.53. The maximum atomic E-state index is 4.51. The van der Waals surface area contributed by atoms with Crippen LogP contribution in [0.25, 0.3) is 0 Å². The predicted octanol–water partition coefficient (Wildman–Crippen LogP) is 2.07. The summed E-state index contributed by atoms with van der Waals surface area (Å²) in [5.41, 5.74) is 4.44. The van der Waals surface area contributed by atoms with Crippen LogP contribution < -0.4 is 5.32 Å². The number of aromatic amines is 1. The molecule has 0 unspecified atom stereocenters. The van der Waals surface area contributed by atoms with Crippen LogP contribution in [0, 0.1) is 6.92 Å². The first-order valence-corrected chi connectivity index (χ1v) is 7.19. The molecule has 0 bridgehead atoms. The van der Waals surface area contributed by atoms with Gasteiger partial charge < -0.3 is 5.32 Å². The van der Waals surface area contributed by atoms with Crippen LogP contribution in [-0.2, 0) is 19.3 Å². The fourth-order valence-electron chi connectivity index (χ4n) is 2.12. The van der Waals surface area contributed by atoms with Crippen molar-refractivity contribution in [1.82, 2.24) is 25.4 Å². The summed E-state index contributed by atoms with van der Waals surface area (Å²) in [7, 11) is 0. The molecule has 0 radical (unpaired) electrons. The summed E-state index contributed by atoms with van der Waals surface area (Å²) in [6.45, 7) is 7.04. The van der Waals surface area contributed by atoms with Gasteiger partial charge >= 0.3 is 0 Å².